The molecular weight excluding hydrogens is 324 g/mol. The minimum atomic E-state index is -0.191. The molecule has 124 valence electrons. The first-order valence-corrected chi connectivity index (χ1v) is 9.22. The summed E-state index contributed by atoms with van der Waals surface area (Å²) in [6.45, 7) is 1.66. The molecule has 0 N–H and O–H groups in total. The van der Waals surface area contributed by atoms with Gasteiger partial charge in [-0.1, -0.05) is 91.0 Å². The topological polar surface area (TPSA) is 17.1 Å². The van der Waals surface area contributed by atoms with Crippen LogP contribution in [0.2, 0.25) is 0 Å². The van der Waals surface area contributed by atoms with Crippen LogP contribution in [0.1, 0.15) is 28.9 Å². The lowest BCUT2D eigenvalue weighted by molar-refractivity contribution is -0.116. The summed E-state index contributed by atoms with van der Waals surface area (Å²) >= 11 is 1.57. The van der Waals surface area contributed by atoms with E-state index in [4.69, 9.17) is 0 Å². The quantitative estimate of drug-likeness (QED) is 0.534. The highest BCUT2D eigenvalue weighted by Crippen LogP contribution is 2.35. The van der Waals surface area contributed by atoms with Crippen LogP contribution in [0.15, 0.2) is 96.4 Å². The zero-order chi connectivity index (χ0) is 17.5. The average Bonchev–Trinajstić information content (AvgIpc) is 2.67. The van der Waals surface area contributed by atoms with E-state index in [0.29, 0.717) is 0 Å². The number of hydrogen-bond acceptors (Lipinski definition) is 2. The van der Waals surface area contributed by atoms with Crippen LogP contribution in [0.5, 0.6) is 0 Å². The Morgan fingerprint density at radius 1 is 0.760 bits per heavy atom. The molecule has 0 aliphatic carbocycles. The van der Waals surface area contributed by atoms with Gasteiger partial charge in [-0.05, 0) is 34.6 Å². The number of rotatable bonds is 6. The van der Waals surface area contributed by atoms with Gasteiger partial charge in [0, 0.05) is 0 Å². The minimum absolute atomic E-state index is 0.160. The molecular formula is C23H20OS. The fraction of sp³-hybridized carbons (Fsp3) is 0.0870. The summed E-state index contributed by atoms with van der Waals surface area (Å²) in [6.07, 6.45) is 0. The molecule has 1 nitrogen and oxygen atoms in total. The highest BCUT2D eigenvalue weighted by Gasteiger charge is 2.16. The van der Waals surface area contributed by atoms with Crippen LogP contribution >= 0.6 is 11.8 Å². The molecule has 2 heteroatoms. The van der Waals surface area contributed by atoms with E-state index in [1.54, 1.807) is 18.7 Å². The molecule has 0 bridgehead atoms. The summed E-state index contributed by atoms with van der Waals surface area (Å²) in [7, 11) is 0. The van der Waals surface area contributed by atoms with Gasteiger partial charge in [-0.3, -0.25) is 4.79 Å². The van der Waals surface area contributed by atoms with Gasteiger partial charge < -0.3 is 0 Å². The maximum Gasteiger partial charge on any atom is 0.147 e. The highest BCUT2D eigenvalue weighted by atomic mass is 32.2. The third-order valence-electron chi connectivity index (χ3n) is 3.96. The van der Waals surface area contributed by atoms with Gasteiger partial charge in [-0.2, -0.15) is 0 Å². The van der Waals surface area contributed by atoms with E-state index in [9.17, 15) is 4.79 Å². The lowest BCUT2D eigenvalue weighted by Crippen LogP contribution is -2.03. The number of carbonyl (C=O) groups is 1. The third kappa shape index (κ3) is 4.49. The van der Waals surface area contributed by atoms with Crippen molar-refractivity contribution in [3.05, 3.63) is 113 Å². The number of thioether (sulfide) groups is 1. The van der Waals surface area contributed by atoms with Crippen LogP contribution in [0.25, 0.3) is 5.57 Å². The fourth-order valence-electron chi connectivity index (χ4n) is 2.71. The lowest BCUT2D eigenvalue weighted by Gasteiger charge is -2.14. The van der Waals surface area contributed by atoms with Crippen molar-refractivity contribution < 1.29 is 4.79 Å². The second-order valence-electron chi connectivity index (χ2n) is 5.80. The third-order valence-corrected chi connectivity index (χ3v) is 5.21. The average molecular weight is 344 g/mol. The summed E-state index contributed by atoms with van der Waals surface area (Å²) in [5.41, 5.74) is 4.47. The largest absolute Gasteiger partial charge is 0.298 e. The Bertz CT molecular complexity index is 798. The van der Waals surface area contributed by atoms with Crippen molar-refractivity contribution in [1.29, 1.82) is 0 Å². The molecule has 3 aromatic rings. The van der Waals surface area contributed by atoms with Crippen molar-refractivity contribution in [2.75, 3.05) is 0 Å². The molecule has 3 aromatic carbocycles. The SMILES string of the molecule is CC(=O)C(SC=C(c1ccccc1)c1ccccc1)c1ccccc1. The molecule has 3 rings (SSSR count). The Balaban J connectivity index is 1.97. The maximum atomic E-state index is 12.2. The Morgan fingerprint density at radius 3 is 1.64 bits per heavy atom. The lowest BCUT2D eigenvalue weighted by atomic mass is 10.00. The molecule has 0 fully saturated rings. The predicted octanol–water partition coefficient (Wildman–Crippen LogP) is 6.14. The molecule has 0 aliphatic rings. The second kappa shape index (κ2) is 8.50. The Kier molecular flexibility index (Phi) is 5.86. The molecule has 0 heterocycles. The van der Waals surface area contributed by atoms with Crippen LogP contribution in [-0.2, 0) is 4.79 Å². The second-order valence-corrected chi connectivity index (χ2v) is 6.78. The van der Waals surface area contributed by atoms with Gasteiger partial charge in [-0.25, -0.2) is 0 Å². The van der Waals surface area contributed by atoms with E-state index in [1.165, 1.54) is 0 Å². The molecule has 1 atom stereocenters. The number of hydrogen-bond donors (Lipinski definition) is 0. The standard InChI is InChI=1S/C23H20OS/c1-18(24)23(21-15-9-4-10-16-21)25-17-22(19-11-5-2-6-12-19)20-13-7-3-8-14-20/h2-17,23H,1H3. The molecule has 0 aromatic heterocycles. The van der Waals surface area contributed by atoms with E-state index in [0.717, 1.165) is 22.3 Å². The van der Waals surface area contributed by atoms with E-state index in [-0.39, 0.29) is 11.0 Å². The Morgan fingerprint density at radius 2 is 1.20 bits per heavy atom. The van der Waals surface area contributed by atoms with Crippen LogP contribution < -0.4 is 0 Å². The van der Waals surface area contributed by atoms with Gasteiger partial charge in [0.2, 0.25) is 0 Å². The molecule has 0 radical (unpaired) electrons. The van der Waals surface area contributed by atoms with Crippen molar-refractivity contribution in [2.24, 2.45) is 0 Å². The van der Waals surface area contributed by atoms with Crippen molar-refractivity contribution >= 4 is 23.1 Å². The van der Waals surface area contributed by atoms with Crippen LogP contribution in [0, 0.1) is 0 Å². The predicted molar refractivity (Wildman–Crippen MR) is 107 cm³/mol. The van der Waals surface area contributed by atoms with Gasteiger partial charge in [0.25, 0.3) is 0 Å². The van der Waals surface area contributed by atoms with Crippen molar-refractivity contribution in [3.63, 3.8) is 0 Å². The molecule has 0 saturated heterocycles. The number of Topliss-reactive ketones (excluding diaryl/α,β-unsaturated/α-hetero) is 1. The monoisotopic (exact) mass is 344 g/mol. The normalized spacial score (nSPS) is 11.6. The molecule has 0 saturated carbocycles. The summed E-state index contributed by atoms with van der Waals surface area (Å²) in [4.78, 5) is 12.2. The van der Waals surface area contributed by atoms with Gasteiger partial charge in [0.1, 0.15) is 5.78 Å². The van der Waals surface area contributed by atoms with Crippen molar-refractivity contribution in [3.8, 4) is 0 Å². The highest BCUT2D eigenvalue weighted by molar-refractivity contribution is 8.03. The summed E-state index contributed by atoms with van der Waals surface area (Å²) in [5, 5.41) is 1.92. The van der Waals surface area contributed by atoms with Gasteiger partial charge in [0.05, 0.1) is 5.25 Å². The molecule has 0 spiro atoms. The maximum absolute atomic E-state index is 12.2. The number of ketones is 1. The van der Waals surface area contributed by atoms with Crippen LogP contribution in [-0.4, -0.2) is 5.78 Å². The number of benzene rings is 3. The Hall–Kier alpha value is -2.58. The summed E-state index contributed by atoms with van der Waals surface area (Å²) in [6, 6.07) is 30.5. The summed E-state index contributed by atoms with van der Waals surface area (Å²) in [5.74, 6) is 0.160. The van der Waals surface area contributed by atoms with Gasteiger partial charge >= 0.3 is 0 Å². The van der Waals surface area contributed by atoms with E-state index in [1.807, 2.05) is 66.7 Å². The van der Waals surface area contributed by atoms with Gasteiger partial charge in [0.15, 0.2) is 0 Å². The molecule has 0 aliphatic heterocycles. The first-order chi connectivity index (χ1) is 12.3. The van der Waals surface area contributed by atoms with E-state index >= 15 is 0 Å². The first-order valence-electron chi connectivity index (χ1n) is 8.27. The van der Waals surface area contributed by atoms with Crippen molar-refractivity contribution in [2.45, 2.75) is 12.2 Å². The molecule has 25 heavy (non-hydrogen) atoms. The summed E-state index contributed by atoms with van der Waals surface area (Å²) < 4.78 is 0. The minimum Gasteiger partial charge on any atom is -0.298 e. The Labute approximate surface area is 153 Å². The first kappa shape index (κ1) is 17.2. The van der Waals surface area contributed by atoms with E-state index < -0.39 is 0 Å². The van der Waals surface area contributed by atoms with Crippen LogP contribution in [0.3, 0.4) is 0 Å². The zero-order valence-electron chi connectivity index (χ0n) is 14.1. The zero-order valence-corrected chi connectivity index (χ0v) is 14.9. The van der Waals surface area contributed by atoms with Crippen molar-refractivity contribution in [1.82, 2.24) is 0 Å². The fourth-order valence-corrected chi connectivity index (χ4v) is 3.76. The molecule has 0 amide bonds. The van der Waals surface area contributed by atoms with Crippen LogP contribution in [0.4, 0.5) is 0 Å². The molecule has 1 unspecified atom stereocenters. The number of carbonyl (C=O) groups excluding carboxylic acids is 1. The van der Waals surface area contributed by atoms with E-state index in [2.05, 4.69) is 29.7 Å². The smallest absolute Gasteiger partial charge is 0.147 e. The van der Waals surface area contributed by atoms with Gasteiger partial charge in [-0.15, -0.1) is 11.8 Å².